The molecule has 1 aromatic heterocycles. The predicted molar refractivity (Wildman–Crippen MR) is 114 cm³/mol. The highest BCUT2D eigenvalue weighted by atomic mass is 33.1. The standard InChI is InChI=1S/C19H24N4O3S2/c1-19(2,3)26-18(25)23(12-13-27-28-16-6-4-5-11-21-16)17(24)14-7-9-15(22-20)10-8-14/h4-11,22H,12-13,20H2,1-3H3. The molecule has 0 radical (unpaired) electrons. The molecule has 1 aromatic carbocycles. The number of nitrogens with one attached hydrogen (secondary N) is 1. The molecule has 2 rings (SSSR count). The second kappa shape index (κ2) is 10.4. The number of pyridine rings is 1. The molecule has 0 fully saturated rings. The number of carbonyl (C=O) groups excluding carboxylic acids is 2. The monoisotopic (exact) mass is 420 g/mol. The number of carbonyl (C=O) groups is 2. The third-order valence-electron chi connectivity index (χ3n) is 3.34. The van der Waals surface area contributed by atoms with Gasteiger partial charge < -0.3 is 10.2 Å². The number of nitrogen functional groups attached to an aromatic ring is 1. The summed E-state index contributed by atoms with van der Waals surface area (Å²) in [5.41, 5.74) is 2.86. The Balaban J connectivity index is 2.04. The van der Waals surface area contributed by atoms with E-state index in [9.17, 15) is 9.59 Å². The smallest absolute Gasteiger partial charge is 0.417 e. The molecule has 0 aliphatic rings. The first kappa shape index (κ1) is 22.1. The van der Waals surface area contributed by atoms with Gasteiger partial charge in [-0.25, -0.2) is 14.7 Å². The lowest BCUT2D eigenvalue weighted by Crippen LogP contribution is -2.42. The average molecular weight is 421 g/mol. The van der Waals surface area contributed by atoms with Crippen molar-refractivity contribution in [2.75, 3.05) is 17.7 Å². The van der Waals surface area contributed by atoms with Crippen molar-refractivity contribution in [1.29, 1.82) is 0 Å². The number of hydrogen-bond acceptors (Lipinski definition) is 8. The van der Waals surface area contributed by atoms with Crippen LogP contribution in [0.25, 0.3) is 0 Å². The second-order valence-electron chi connectivity index (χ2n) is 6.73. The molecular weight excluding hydrogens is 396 g/mol. The summed E-state index contributed by atoms with van der Waals surface area (Å²) in [7, 11) is 3.01. The summed E-state index contributed by atoms with van der Waals surface area (Å²) in [6.07, 6.45) is 1.06. The number of nitrogens with two attached hydrogens (primary N) is 1. The topological polar surface area (TPSA) is 97.5 Å². The molecule has 2 aromatic rings. The number of rotatable bonds is 7. The molecule has 3 N–H and O–H groups in total. The molecule has 0 atom stereocenters. The van der Waals surface area contributed by atoms with Gasteiger partial charge in [-0.1, -0.05) is 16.9 Å². The van der Waals surface area contributed by atoms with Crippen LogP contribution in [0.4, 0.5) is 10.5 Å². The van der Waals surface area contributed by atoms with Gasteiger partial charge in [0.25, 0.3) is 5.91 Å². The van der Waals surface area contributed by atoms with Gasteiger partial charge in [-0.2, -0.15) is 0 Å². The molecular formula is C19H24N4O3S2. The first-order valence-electron chi connectivity index (χ1n) is 8.62. The fourth-order valence-electron chi connectivity index (χ4n) is 2.08. The Hall–Kier alpha value is -2.23. The minimum atomic E-state index is -0.696. The molecule has 9 heteroatoms. The van der Waals surface area contributed by atoms with Crippen LogP contribution >= 0.6 is 21.6 Å². The quantitative estimate of drug-likeness (QED) is 0.298. The average Bonchev–Trinajstić information content (AvgIpc) is 2.67. The van der Waals surface area contributed by atoms with Gasteiger partial charge in [-0.15, -0.1) is 0 Å². The van der Waals surface area contributed by atoms with Gasteiger partial charge in [-0.3, -0.25) is 10.6 Å². The van der Waals surface area contributed by atoms with Gasteiger partial charge in [0.1, 0.15) is 10.6 Å². The lowest BCUT2D eigenvalue weighted by Gasteiger charge is -2.26. The Bertz CT molecular complexity index is 780. The van der Waals surface area contributed by atoms with E-state index < -0.39 is 17.6 Å². The Morgan fingerprint density at radius 2 is 1.89 bits per heavy atom. The summed E-state index contributed by atoms with van der Waals surface area (Å²) < 4.78 is 5.41. The van der Waals surface area contributed by atoms with Gasteiger partial charge in [0, 0.05) is 29.7 Å². The van der Waals surface area contributed by atoms with E-state index in [1.165, 1.54) is 21.6 Å². The summed E-state index contributed by atoms with van der Waals surface area (Å²) in [6, 6.07) is 12.2. The van der Waals surface area contributed by atoms with Crippen molar-refractivity contribution < 1.29 is 14.3 Å². The molecule has 7 nitrogen and oxygen atoms in total. The van der Waals surface area contributed by atoms with Crippen LogP contribution in [-0.4, -0.2) is 39.8 Å². The Morgan fingerprint density at radius 3 is 2.46 bits per heavy atom. The maximum absolute atomic E-state index is 12.9. The summed E-state index contributed by atoms with van der Waals surface area (Å²) in [6.45, 7) is 5.51. The van der Waals surface area contributed by atoms with Crippen molar-refractivity contribution in [3.05, 3.63) is 54.2 Å². The van der Waals surface area contributed by atoms with Crippen molar-refractivity contribution in [2.24, 2.45) is 5.84 Å². The molecule has 0 bridgehead atoms. The summed E-state index contributed by atoms with van der Waals surface area (Å²) in [4.78, 5) is 30.8. The highest BCUT2D eigenvalue weighted by Crippen LogP contribution is 2.29. The van der Waals surface area contributed by atoms with Gasteiger partial charge in [0.05, 0.1) is 0 Å². The minimum absolute atomic E-state index is 0.217. The summed E-state index contributed by atoms with van der Waals surface area (Å²) in [5.74, 6) is 5.47. The number of ether oxygens (including phenoxy) is 1. The van der Waals surface area contributed by atoms with Crippen molar-refractivity contribution in [1.82, 2.24) is 9.88 Å². The van der Waals surface area contributed by atoms with Crippen LogP contribution in [-0.2, 0) is 4.74 Å². The fourth-order valence-corrected chi connectivity index (χ4v) is 3.92. The Labute approximate surface area is 172 Å². The van der Waals surface area contributed by atoms with E-state index in [1.54, 1.807) is 51.2 Å². The normalized spacial score (nSPS) is 11.0. The maximum Gasteiger partial charge on any atom is 0.417 e. The maximum atomic E-state index is 12.9. The van der Waals surface area contributed by atoms with Crippen molar-refractivity contribution >= 4 is 39.3 Å². The first-order valence-corrected chi connectivity index (χ1v) is 10.9. The lowest BCUT2D eigenvalue weighted by molar-refractivity contribution is 0.0252. The van der Waals surface area contributed by atoms with Crippen molar-refractivity contribution in [2.45, 2.75) is 31.4 Å². The number of aromatic nitrogens is 1. The zero-order chi connectivity index (χ0) is 20.6. The number of imide groups is 1. The fraction of sp³-hybridized carbons (Fsp3) is 0.316. The predicted octanol–water partition coefficient (Wildman–Crippen LogP) is 4.19. The van der Waals surface area contributed by atoms with Gasteiger partial charge in [-0.05, 0) is 68.0 Å². The van der Waals surface area contributed by atoms with Crippen LogP contribution in [0.3, 0.4) is 0 Å². The van der Waals surface area contributed by atoms with Gasteiger partial charge >= 0.3 is 6.09 Å². The minimum Gasteiger partial charge on any atom is -0.443 e. The summed E-state index contributed by atoms with van der Waals surface area (Å²) >= 11 is 0. The zero-order valence-corrected chi connectivity index (χ0v) is 17.7. The van der Waals surface area contributed by atoms with E-state index in [4.69, 9.17) is 10.6 Å². The van der Waals surface area contributed by atoms with E-state index in [0.29, 0.717) is 17.0 Å². The van der Waals surface area contributed by atoms with Crippen molar-refractivity contribution in [3.8, 4) is 0 Å². The largest absolute Gasteiger partial charge is 0.443 e. The van der Waals surface area contributed by atoms with Crippen LogP contribution in [0.5, 0.6) is 0 Å². The van der Waals surface area contributed by atoms with Crippen LogP contribution < -0.4 is 11.3 Å². The lowest BCUT2D eigenvalue weighted by atomic mass is 10.2. The summed E-state index contributed by atoms with van der Waals surface area (Å²) in [5, 5.41) is 0.868. The van der Waals surface area contributed by atoms with E-state index in [1.807, 2.05) is 18.2 Å². The van der Waals surface area contributed by atoms with Crippen LogP contribution in [0, 0.1) is 0 Å². The molecule has 0 saturated heterocycles. The molecule has 2 amide bonds. The SMILES string of the molecule is CC(C)(C)OC(=O)N(CCSSc1ccccn1)C(=O)c1ccc(NN)cc1. The molecule has 0 unspecified atom stereocenters. The third kappa shape index (κ3) is 7.06. The highest BCUT2D eigenvalue weighted by Gasteiger charge is 2.27. The van der Waals surface area contributed by atoms with E-state index in [-0.39, 0.29) is 6.54 Å². The molecule has 0 saturated carbocycles. The second-order valence-corrected chi connectivity index (χ2v) is 9.17. The van der Waals surface area contributed by atoms with Gasteiger partial charge in [0.15, 0.2) is 0 Å². The molecule has 150 valence electrons. The molecule has 0 aliphatic carbocycles. The van der Waals surface area contributed by atoms with Crippen molar-refractivity contribution in [3.63, 3.8) is 0 Å². The number of nitrogens with zero attached hydrogens (tertiary/aromatic N) is 2. The zero-order valence-electron chi connectivity index (χ0n) is 16.0. The molecule has 0 spiro atoms. The molecule has 0 aliphatic heterocycles. The number of hydrazine groups is 1. The highest BCUT2D eigenvalue weighted by molar-refractivity contribution is 8.76. The first-order chi connectivity index (χ1) is 13.3. The number of anilines is 1. The van der Waals surface area contributed by atoms with Gasteiger partial charge in [0.2, 0.25) is 0 Å². The third-order valence-corrected chi connectivity index (χ3v) is 5.58. The van der Waals surface area contributed by atoms with E-state index in [2.05, 4.69) is 10.4 Å². The van der Waals surface area contributed by atoms with Crippen LogP contribution in [0.2, 0.25) is 0 Å². The molecule has 1 heterocycles. The van der Waals surface area contributed by atoms with Crippen LogP contribution in [0.1, 0.15) is 31.1 Å². The number of benzene rings is 1. The Kier molecular flexibility index (Phi) is 8.16. The number of hydrogen-bond donors (Lipinski definition) is 2. The van der Waals surface area contributed by atoms with E-state index in [0.717, 1.165) is 9.93 Å². The molecule has 28 heavy (non-hydrogen) atoms. The Morgan fingerprint density at radius 1 is 1.18 bits per heavy atom. The van der Waals surface area contributed by atoms with E-state index >= 15 is 0 Å². The number of amides is 2. The van der Waals surface area contributed by atoms with Crippen LogP contribution in [0.15, 0.2) is 53.7 Å².